The molecule has 2 heteroatoms. The van der Waals surface area contributed by atoms with Crippen LogP contribution in [0, 0.1) is 0 Å². The minimum absolute atomic E-state index is 0.916. The molecule has 0 aromatic heterocycles. The maximum atomic E-state index is 5.55. The molecule has 3 aromatic rings. The molecule has 2 nitrogen and oxygen atoms in total. The van der Waals surface area contributed by atoms with Gasteiger partial charge >= 0.3 is 0 Å². The average molecular weight is 625 g/mol. The van der Waals surface area contributed by atoms with Crippen molar-refractivity contribution in [1.82, 2.24) is 0 Å². The van der Waals surface area contributed by atoms with Gasteiger partial charge in [0.15, 0.2) is 0 Å². The van der Waals surface area contributed by atoms with Crippen LogP contribution in [0.1, 0.15) is 28.7 Å². The van der Waals surface area contributed by atoms with E-state index in [1.807, 2.05) is 109 Å². The van der Waals surface area contributed by atoms with Gasteiger partial charge in [0.25, 0.3) is 0 Å². The molecule has 1 aliphatic carbocycles. The Labute approximate surface area is 286 Å². The summed E-state index contributed by atoms with van der Waals surface area (Å²) in [6, 6.07) is 31.2. The van der Waals surface area contributed by atoms with E-state index in [-0.39, 0.29) is 0 Å². The highest BCUT2D eigenvalue weighted by Crippen LogP contribution is 2.16. The Morgan fingerprint density at radius 1 is 0.688 bits per heavy atom. The van der Waals surface area contributed by atoms with Gasteiger partial charge in [-0.1, -0.05) is 177 Å². The Bertz CT molecular complexity index is 1940. The number of nitrogens with one attached hydrogen (secondary N) is 1. The van der Waals surface area contributed by atoms with Gasteiger partial charge in [0, 0.05) is 11.9 Å². The molecular formula is C46H44N2. The van der Waals surface area contributed by atoms with Crippen molar-refractivity contribution in [2.24, 2.45) is 5.73 Å². The number of rotatable bonds is 12. The fraction of sp³-hybridized carbons (Fsp3) is 0.0435. The Hall–Kier alpha value is -6.12. The minimum atomic E-state index is 0.916. The third kappa shape index (κ3) is 12.7. The molecule has 0 spiro atoms. The number of anilines is 1. The van der Waals surface area contributed by atoms with Gasteiger partial charge in [0.05, 0.1) is 0 Å². The molecule has 0 atom stereocenters. The van der Waals surface area contributed by atoms with Crippen LogP contribution in [0.25, 0.3) is 30.4 Å². The standard InChI is InChI=1S/C46H44N2/c1-39-32-33-40(22-11-6-7-20-37-48-45-29-17-10-18-30-45)38-41-23-12-8-19-31-46(39)44(35-34-41)27-14-5-3-2-4-13-24-43(28-21-36-47)42-25-15-9-16-26-42/h2-18,20-30,32-38,48H,1,19,31,47H2/b4-2+,5-3-,7-6-,12-8-,22-11-,24-13-,27-14-,33-32?,35-34?,36-21+,37-20+,40-38?,41-23+,43-28+,46-44?. The Balaban J connectivity index is 1.48. The number of para-hydroxylation sites is 1. The normalized spacial score (nSPS) is 15.2. The predicted octanol–water partition coefficient (Wildman–Crippen LogP) is 9.94. The van der Waals surface area contributed by atoms with Crippen molar-refractivity contribution in [2.75, 3.05) is 5.32 Å². The molecule has 0 unspecified atom stereocenters. The van der Waals surface area contributed by atoms with Crippen LogP contribution < -0.4 is 21.5 Å². The summed E-state index contributed by atoms with van der Waals surface area (Å²) in [5.41, 5.74) is 12.3. The summed E-state index contributed by atoms with van der Waals surface area (Å²) in [6.07, 6.45) is 42.4. The van der Waals surface area contributed by atoms with Crippen LogP contribution >= 0.6 is 0 Å². The number of benzene rings is 2. The first-order chi connectivity index (χ1) is 23.7. The van der Waals surface area contributed by atoms with E-state index in [1.165, 1.54) is 5.56 Å². The van der Waals surface area contributed by atoms with E-state index in [0.29, 0.717) is 0 Å². The van der Waals surface area contributed by atoms with Gasteiger partial charge in [-0.25, -0.2) is 0 Å². The van der Waals surface area contributed by atoms with Crippen LogP contribution in [0.3, 0.4) is 0 Å². The highest BCUT2D eigenvalue weighted by Gasteiger charge is 1.99. The van der Waals surface area contributed by atoms with Crippen LogP contribution in [0.5, 0.6) is 0 Å². The minimum Gasteiger partial charge on any atom is -0.405 e. The molecule has 0 heterocycles. The van der Waals surface area contributed by atoms with Gasteiger partial charge in [-0.05, 0) is 87.7 Å². The SMILES string of the molecule is C=c1ccc(\C=C/C=C\C=C\Nc2ccccc2)c/c2ccc(\C=C/C=C\C=C\C=C/C(=C\C=C\N)c3ccccc3)c1CC/C=C\C=2. The molecule has 0 saturated heterocycles. The molecule has 0 aliphatic heterocycles. The molecule has 0 saturated carbocycles. The lowest BCUT2D eigenvalue weighted by molar-refractivity contribution is 0.991. The van der Waals surface area contributed by atoms with Crippen molar-refractivity contribution >= 4 is 36.1 Å². The Kier molecular flexibility index (Phi) is 15.1. The first-order valence-corrected chi connectivity index (χ1v) is 16.2. The van der Waals surface area contributed by atoms with Crippen molar-refractivity contribution in [3.8, 4) is 0 Å². The van der Waals surface area contributed by atoms with E-state index in [1.54, 1.807) is 6.20 Å². The van der Waals surface area contributed by atoms with Crippen LogP contribution in [0.4, 0.5) is 5.69 Å². The van der Waals surface area contributed by atoms with Crippen molar-refractivity contribution in [3.05, 3.63) is 227 Å². The van der Waals surface area contributed by atoms with Crippen LogP contribution in [0.2, 0.25) is 0 Å². The van der Waals surface area contributed by atoms with Crippen molar-refractivity contribution < 1.29 is 0 Å². The van der Waals surface area contributed by atoms with E-state index in [9.17, 15) is 0 Å². The topological polar surface area (TPSA) is 38.0 Å². The molecule has 238 valence electrons. The highest BCUT2D eigenvalue weighted by atomic mass is 14.8. The predicted molar refractivity (Wildman–Crippen MR) is 212 cm³/mol. The summed E-state index contributed by atoms with van der Waals surface area (Å²) in [5.74, 6) is 0. The van der Waals surface area contributed by atoms with Gasteiger partial charge in [-0.15, -0.1) is 0 Å². The summed E-state index contributed by atoms with van der Waals surface area (Å²) in [6.45, 7) is 4.45. The number of nitrogens with two attached hydrogens (primary N) is 1. The second-order valence-electron chi connectivity index (χ2n) is 10.9. The highest BCUT2D eigenvalue weighted by molar-refractivity contribution is 5.75. The zero-order chi connectivity index (χ0) is 33.5. The van der Waals surface area contributed by atoms with Gasteiger partial charge in [0.2, 0.25) is 0 Å². The van der Waals surface area contributed by atoms with Crippen molar-refractivity contribution in [3.63, 3.8) is 0 Å². The largest absolute Gasteiger partial charge is 0.405 e. The zero-order valence-electron chi connectivity index (χ0n) is 27.4. The molecule has 4 rings (SSSR count). The summed E-state index contributed by atoms with van der Waals surface area (Å²) in [4.78, 5) is 0. The lowest BCUT2D eigenvalue weighted by Gasteiger charge is -2.05. The van der Waals surface area contributed by atoms with Gasteiger partial charge in [-0.2, -0.15) is 0 Å². The Morgan fingerprint density at radius 3 is 2.19 bits per heavy atom. The summed E-state index contributed by atoms with van der Waals surface area (Å²) in [5, 5.41) is 5.41. The van der Waals surface area contributed by atoms with E-state index in [4.69, 9.17) is 5.73 Å². The van der Waals surface area contributed by atoms with E-state index >= 15 is 0 Å². The van der Waals surface area contributed by atoms with E-state index in [2.05, 4.69) is 109 Å². The maximum Gasteiger partial charge on any atom is 0.0379 e. The average Bonchev–Trinajstić information content (AvgIpc) is 3.12. The summed E-state index contributed by atoms with van der Waals surface area (Å²) >= 11 is 0. The monoisotopic (exact) mass is 624 g/mol. The maximum absolute atomic E-state index is 5.55. The van der Waals surface area contributed by atoms with Gasteiger partial charge in [-0.3, -0.25) is 0 Å². The number of hydrogen-bond donors (Lipinski definition) is 2. The molecule has 2 bridgehead atoms. The van der Waals surface area contributed by atoms with Crippen molar-refractivity contribution in [2.45, 2.75) is 12.8 Å². The molecule has 3 N–H and O–H groups in total. The number of allylic oxidation sites excluding steroid dienone is 16. The molecular weight excluding hydrogens is 581 g/mol. The van der Waals surface area contributed by atoms with Crippen LogP contribution in [0.15, 0.2) is 195 Å². The van der Waals surface area contributed by atoms with Gasteiger partial charge in [0.1, 0.15) is 0 Å². The smallest absolute Gasteiger partial charge is 0.0379 e. The Morgan fingerprint density at radius 2 is 1.40 bits per heavy atom. The fourth-order valence-electron chi connectivity index (χ4n) is 4.87. The molecule has 0 amide bonds. The third-order valence-electron chi connectivity index (χ3n) is 7.33. The third-order valence-corrected chi connectivity index (χ3v) is 7.33. The number of hydrogen-bond acceptors (Lipinski definition) is 2. The summed E-state index contributed by atoms with van der Waals surface area (Å²) in [7, 11) is 0. The van der Waals surface area contributed by atoms with Crippen LogP contribution in [-0.4, -0.2) is 0 Å². The molecule has 0 radical (unpaired) electrons. The quantitative estimate of drug-likeness (QED) is 0.197. The van der Waals surface area contributed by atoms with E-state index < -0.39 is 0 Å². The molecule has 3 aromatic carbocycles. The fourth-order valence-corrected chi connectivity index (χ4v) is 4.87. The second-order valence-corrected chi connectivity index (χ2v) is 10.9. The first kappa shape index (κ1) is 34.7. The summed E-state index contributed by atoms with van der Waals surface area (Å²) < 4.78 is 0. The molecule has 1 aliphatic rings. The number of fused-ring (bicyclic) bond motifs is 4. The van der Waals surface area contributed by atoms with Crippen LogP contribution in [-0.2, 0) is 6.42 Å². The van der Waals surface area contributed by atoms with Crippen molar-refractivity contribution in [1.29, 1.82) is 0 Å². The first-order valence-electron chi connectivity index (χ1n) is 16.2. The zero-order valence-corrected chi connectivity index (χ0v) is 27.4. The lowest BCUT2D eigenvalue weighted by Crippen LogP contribution is -2.08. The van der Waals surface area contributed by atoms with Gasteiger partial charge < -0.3 is 11.1 Å². The second kappa shape index (κ2) is 20.8. The lowest BCUT2D eigenvalue weighted by atomic mass is 10.0. The molecule has 0 fully saturated rings. The molecule has 48 heavy (non-hydrogen) atoms. The van der Waals surface area contributed by atoms with E-state index in [0.717, 1.165) is 51.2 Å².